The maximum Gasteiger partial charge on any atom is 0.254 e. The molecule has 10 heteroatoms. The number of hydrogen-bond donors (Lipinski definition) is 1. The van der Waals surface area contributed by atoms with E-state index in [2.05, 4.69) is 10.6 Å². The topological polar surface area (TPSA) is 78.3 Å². The van der Waals surface area contributed by atoms with Crippen molar-refractivity contribution >= 4 is 27.8 Å². The molecule has 2 N–H and O–H groups in total. The number of piperidine rings is 1. The second kappa shape index (κ2) is 9.85. The van der Waals surface area contributed by atoms with Crippen LogP contribution in [0.15, 0.2) is 48.5 Å². The SMILES string of the molecule is COc1cc(C(=O)N2CC3CCC2[C@@H]3N)cc2nc(-c3cc4ccc(-c5cc(F)c(F)c(F)c5)cc4n3CC3CC3)n(C)c12. The van der Waals surface area contributed by atoms with Crippen molar-refractivity contribution in [2.45, 2.75) is 44.3 Å². The molecule has 1 saturated heterocycles. The van der Waals surface area contributed by atoms with Gasteiger partial charge in [-0.2, -0.15) is 0 Å². The van der Waals surface area contributed by atoms with E-state index < -0.39 is 17.5 Å². The van der Waals surface area contributed by atoms with Crippen LogP contribution in [0.1, 0.15) is 36.0 Å². The van der Waals surface area contributed by atoms with Gasteiger partial charge in [0.05, 0.1) is 18.3 Å². The second-order valence-electron chi connectivity index (χ2n) is 12.6. The van der Waals surface area contributed by atoms with Crippen LogP contribution in [-0.2, 0) is 13.6 Å². The molecule has 1 amide bonds. The van der Waals surface area contributed by atoms with Gasteiger partial charge in [-0.1, -0.05) is 12.1 Å². The van der Waals surface area contributed by atoms with Gasteiger partial charge in [-0.25, -0.2) is 18.2 Å². The van der Waals surface area contributed by atoms with Crippen LogP contribution in [0.25, 0.3) is 44.6 Å². The van der Waals surface area contributed by atoms with E-state index in [-0.39, 0.29) is 23.6 Å². The van der Waals surface area contributed by atoms with Gasteiger partial charge < -0.3 is 24.5 Å². The van der Waals surface area contributed by atoms with Crippen LogP contribution in [0, 0.1) is 29.3 Å². The largest absolute Gasteiger partial charge is 0.494 e. The van der Waals surface area contributed by atoms with Crippen LogP contribution < -0.4 is 10.5 Å². The highest BCUT2D eigenvalue weighted by Gasteiger charge is 2.47. The lowest BCUT2D eigenvalue weighted by molar-refractivity contribution is 0.0700. The molecule has 3 aliphatic rings. The fraction of sp³-hybridized carbons (Fsp3) is 0.353. The molecule has 3 atom stereocenters. The van der Waals surface area contributed by atoms with Gasteiger partial charge in [0.25, 0.3) is 5.91 Å². The highest BCUT2D eigenvalue weighted by molar-refractivity contribution is 6.00. The summed E-state index contributed by atoms with van der Waals surface area (Å²) in [4.78, 5) is 20.6. The van der Waals surface area contributed by atoms with Crippen molar-refractivity contribution in [1.29, 1.82) is 0 Å². The molecule has 0 radical (unpaired) electrons. The number of carbonyl (C=O) groups excluding carboxylic acids is 1. The first-order valence-electron chi connectivity index (χ1n) is 15.1. The number of ether oxygens (including phenoxy) is 1. The van der Waals surface area contributed by atoms with Gasteiger partial charge in [0, 0.05) is 48.7 Å². The summed E-state index contributed by atoms with van der Waals surface area (Å²) in [6.07, 6.45) is 4.24. The summed E-state index contributed by atoms with van der Waals surface area (Å²) in [7, 11) is 3.53. The van der Waals surface area contributed by atoms with Crippen molar-refractivity contribution < 1.29 is 22.7 Å². The number of methoxy groups -OCH3 is 1. The Morgan fingerprint density at radius 3 is 2.43 bits per heavy atom. The minimum absolute atomic E-state index is 0.0287. The van der Waals surface area contributed by atoms with Crippen molar-refractivity contribution in [3.63, 3.8) is 0 Å². The molecule has 44 heavy (non-hydrogen) atoms. The molecule has 2 bridgehead atoms. The van der Waals surface area contributed by atoms with E-state index in [4.69, 9.17) is 15.5 Å². The van der Waals surface area contributed by atoms with E-state index in [1.165, 1.54) is 0 Å². The average Bonchev–Trinajstić information content (AvgIpc) is 3.42. The molecule has 5 aromatic rings. The standard InChI is InChI=1S/C34H32F3N5O2/c1-40-32-25(11-22(14-29(32)44-2)34(43)42-16-20-7-8-26(42)31(20)38)39-33(40)28-13-19-6-5-18(12-27(19)41(28)15-17-3-4-17)21-9-23(35)30(37)24(36)10-21/h5-6,9-14,17,20,26,31H,3-4,7-8,15-16,38H2,1-2H3/t20?,26?,31-/m1/s1. The Labute approximate surface area is 252 Å². The zero-order valence-corrected chi connectivity index (χ0v) is 24.5. The second-order valence-corrected chi connectivity index (χ2v) is 12.6. The summed E-state index contributed by atoms with van der Waals surface area (Å²) in [6.45, 7) is 1.44. The number of likely N-dealkylation sites (tertiary alicyclic amines) is 1. The van der Waals surface area contributed by atoms with Crippen LogP contribution in [0.2, 0.25) is 0 Å². The molecule has 3 fully saturated rings. The maximum atomic E-state index is 14.1. The molecule has 2 aromatic heterocycles. The number of aryl methyl sites for hydroxylation is 1. The van der Waals surface area contributed by atoms with Gasteiger partial charge in [0.1, 0.15) is 11.3 Å². The van der Waals surface area contributed by atoms with Crippen LogP contribution in [0.3, 0.4) is 0 Å². The highest BCUT2D eigenvalue weighted by Crippen LogP contribution is 2.41. The van der Waals surface area contributed by atoms with E-state index in [1.54, 1.807) is 19.2 Å². The third-order valence-corrected chi connectivity index (χ3v) is 9.90. The molecule has 7 nitrogen and oxygen atoms in total. The Morgan fingerprint density at radius 1 is 1.00 bits per heavy atom. The van der Waals surface area contributed by atoms with E-state index in [0.717, 1.165) is 66.5 Å². The normalized spacial score (nSPS) is 21.2. The Kier molecular flexibility index (Phi) is 6.10. The molecule has 8 rings (SSSR count). The zero-order valence-electron chi connectivity index (χ0n) is 24.5. The Balaban J connectivity index is 1.24. The van der Waals surface area contributed by atoms with Crippen LogP contribution >= 0.6 is 0 Å². The number of rotatable bonds is 6. The molecule has 3 aromatic carbocycles. The van der Waals surface area contributed by atoms with E-state index >= 15 is 0 Å². The molecule has 1 aliphatic heterocycles. The smallest absolute Gasteiger partial charge is 0.254 e. The number of imidazole rings is 1. The molecule has 2 aliphatic carbocycles. The summed E-state index contributed by atoms with van der Waals surface area (Å²) < 4.78 is 51.8. The van der Waals surface area contributed by atoms with Gasteiger partial charge in [0.15, 0.2) is 23.3 Å². The predicted molar refractivity (Wildman–Crippen MR) is 162 cm³/mol. The summed E-state index contributed by atoms with van der Waals surface area (Å²) in [5, 5.41) is 0.947. The Morgan fingerprint density at radius 2 is 1.77 bits per heavy atom. The number of carbonyl (C=O) groups is 1. The van der Waals surface area contributed by atoms with Crippen LogP contribution in [-0.4, -0.2) is 50.7 Å². The number of hydrogen-bond acceptors (Lipinski definition) is 4. The maximum absolute atomic E-state index is 14.1. The Hall–Kier alpha value is -4.31. The molecular weight excluding hydrogens is 567 g/mol. The lowest BCUT2D eigenvalue weighted by Crippen LogP contribution is -2.41. The quantitative estimate of drug-likeness (QED) is 0.234. The first-order chi connectivity index (χ1) is 21.2. The number of nitrogens with zero attached hydrogens (tertiary/aromatic N) is 4. The summed E-state index contributed by atoms with van der Waals surface area (Å²) in [5.74, 6) is -1.83. The fourth-order valence-corrected chi connectivity index (χ4v) is 7.36. The summed E-state index contributed by atoms with van der Waals surface area (Å²) in [6, 6.07) is 13.4. The first kappa shape index (κ1) is 27.3. The van der Waals surface area contributed by atoms with Crippen molar-refractivity contribution in [1.82, 2.24) is 19.0 Å². The van der Waals surface area contributed by atoms with Crippen LogP contribution in [0.5, 0.6) is 5.75 Å². The number of halogens is 3. The van der Waals surface area contributed by atoms with Crippen molar-refractivity contribution in [3.05, 3.63) is 71.5 Å². The molecule has 226 valence electrons. The lowest BCUT2D eigenvalue weighted by Gasteiger charge is -2.27. The van der Waals surface area contributed by atoms with Crippen molar-refractivity contribution in [3.8, 4) is 28.4 Å². The van der Waals surface area contributed by atoms with Crippen molar-refractivity contribution in [2.24, 2.45) is 24.6 Å². The van der Waals surface area contributed by atoms with Gasteiger partial charge in [-0.15, -0.1) is 0 Å². The summed E-state index contributed by atoms with van der Waals surface area (Å²) >= 11 is 0. The number of benzene rings is 3. The minimum Gasteiger partial charge on any atom is -0.494 e. The lowest BCUT2D eigenvalue weighted by atomic mass is 10.0. The number of nitrogens with two attached hydrogens (primary N) is 1. The Bertz CT molecular complexity index is 1970. The number of fused-ring (bicyclic) bond motifs is 4. The van der Waals surface area contributed by atoms with E-state index in [0.29, 0.717) is 46.6 Å². The molecule has 0 spiro atoms. The van der Waals surface area contributed by atoms with E-state index in [1.807, 2.05) is 34.7 Å². The highest BCUT2D eigenvalue weighted by atomic mass is 19.2. The fourth-order valence-electron chi connectivity index (χ4n) is 7.36. The predicted octanol–water partition coefficient (Wildman–Crippen LogP) is 6.26. The van der Waals surface area contributed by atoms with Gasteiger partial charge >= 0.3 is 0 Å². The minimum atomic E-state index is -1.48. The molecule has 2 unspecified atom stereocenters. The molecule has 3 heterocycles. The zero-order chi connectivity index (χ0) is 30.4. The van der Waals surface area contributed by atoms with Gasteiger partial charge in [-0.05, 0) is 85.0 Å². The number of amides is 1. The van der Waals surface area contributed by atoms with Crippen LogP contribution in [0.4, 0.5) is 13.2 Å². The molecular formula is C34H32F3N5O2. The van der Waals surface area contributed by atoms with Gasteiger partial charge in [-0.3, -0.25) is 4.79 Å². The number of aromatic nitrogens is 3. The monoisotopic (exact) mass is 599 g/mol. The summed E-state index contributed by atoms with van der Waals surface area (Å²) in [5.41, 5.74) is 11.0. The third kappa shape index (κ3) is 4.14. The average molecular weight is 600 g/mol. The third-order valence-electron chi connectivity index (χ3n) is 9.90. The van der Waals surface area contributed by atoms with Gasteiger partial charge in [0.2, 0.25) is 0 Å². The van der Waals surface area contributed by atoms with E-state index in [9.17, 15) is 18.0 Å². The molecule has 2 saturated carbocycles. The van der Waals surface area contributed by atoms with Crippen molar-refractivity contribution in [2.75, 3.05) is 13.7 Å². The first-order valence-corrected chi connectivity index (χ1v) is 15.1.